The van der Waals surface area contributed by atoms with Gasteiger partial charge < -0.3 is 15.4 Å². The lowest BCUT2D eigenvalue weighted by Gasteiger charge is -2.18. The fourth-order valence-corrected chi connectivity index (χ4v) is 2.06. The summed E-state index contributed by atoms with van der Waals surface area (Å²) in [6.07, 6.45) is 1.70. The number of amides is 1. The zero-order valence-corrected chi connectivity index (χ0v) is 12.9. The first-order valence-corrected chi connectivity index (χ1v) is 7.33. The van der Waals surface area contributed by atoms with Crippen molar-refractivity contribution < 1.29 is 9.53 Å². The summed E-state index contributed by atoms with van der Waals surface area (Å²) in [5, 5.41) is 6.09. The van der Waals surface area contributed by atoms with E-state index in [2.05, 4.69) is 36.6 Å². The Labute approximate surface area is 121 Å². The fraction of sp³-hybridized carbons (Fsp3) is 0.562. The van der Waals surface area contributed by atoms with E-state index in [1.165, 1.54) is 5.56 Å². The molecule has 0 heterocycles. The minimum absolute atomic E-state index is 0.120. The molecule has 0 saturated carbocycles. The Morgan fingerprint density at radius 2 is 1.90 bits per heavy atom. The average Bonchev–Trinajstić information content (AvgIpc) is 2.48. The third kappa shape index (κ3) is 4.85. The Morgan fingerprint density at radius 1 is 1.25 bits per heavy atom. The molecule has 0 fully saturated rings. The number of rotatable bonds is 8. The van der Waals surface area contributed by atoms with Crippen LogP contribution in [0.3, 0.4) is 0 Å². The molecule has 1 rings (SSSR count). The second kappa shape index (κ2) is 8.59. The summed E-state index contributed by atoms with van der Waals surface area (Å²) in [6, 6.07) is 8.34. The number of hydrogen-bond acceptors (Lipinski definition) is 3. The van der Waals surface area contributed by atoms with Crippen molar-refractivity contribution >= 4 is 5.91 Å². The highest BCUT2D eigenvalue weighted by Gasteiger charge is 2.13. The number of ether oxygens (including phenoxy) is 1. The van der Waals surface area contributed by atoms with E-state index in [1.807, 2.05) is 12.1 Å². The van der Waals surface area contributed by atoms with Gasteiger partial charge in [0.15, 0.2) is 6.10 Å². The first kappa shape index (κ1) is 16.5. The van der Waals surface area contributed by atoms with Crippen LogP contribution >= 0.6 is 0 Å². The van der Waals surface area contributed by atoms with Crippen LogP contribution in [-0.2, 0) is 4.79 Å². The summed E-state index contributed by atoms with van der Waals surface area (Å²) in [5.41, 5.74) is 1.25. The Balaban J connectivity index is 2.65. The molecule has 0 aliphatic rings. The highest BCUT2D eigenvalue weighted by molar-refractivity contribution is 5.80. The van der Waals surface area contributed by atoms with E-state index in [-0.39, 0.29) is 5.91 Å². The van der Waals surface area contributed by atoms with Crippen LogP contribution in [0.15, 0.2) is 24.3 Å². The van der Waals surface area contributed by atoms with Gasteiger partial charge >= 0.3 is 0 Å². The number of likely N-dealkylation sites (N-methyl/N-ethyl adjacent to an activating group) is 1. The standard InChI is InChI=1S/C16H26N2O2/c1-5-11-18-15(6-2)13-7-9-14(10-8-13)20-12(3)16(19)17-4/h7-10,12,15,18H,5-6,11H2,1-4H3,(H,17,19). The summed E-state index contributed by atoms with van der Waals surface area (Å²) in [6.45, 7) is 7.09. The van der Waals surface area contributed by atoms with Gasteiger partial charge in [0, 0.05) is 13.1 Å². The molecule has 0 radical (unpaired) electrons. The lowest BCUT2D eigenvalue weighted by atomic mass is 10.0. The number of benzene rings is 1. The first-order chi connectivity index (χ1) is 9.62. The van der Waals surface area contributed by atoms with Crippen molar-refractivity contribution in [2.75, 3.05) is 13.6 Å². The van der Waals surface area contributed by atoms with Gasteiger partial charge in [0.25, 0.3) is 5.91 Å². The van der Waals surface area contributed by atoms with Gasteiger partial charge in [-0.1, -0.05) is 26.0 Å². The largest absolute Gasteiger partial charge is 0.481 e. The summed E-state index contributed by atoms with van der Waals surface area (Å²) < 4.78 is 5.58. The highest BCUT2D eigenvalue weighted by Crippen LogP contribution is 2.21. The molecule has 4 nitrogen and oxygen atoms in total. The molecule has 2 unspecified atom stereocenters. The molecule has 1 aromatic rings. The van der Waals surface area contributed by atoms with Crippen LogP contribution < -0.4 is 15.4 Å². The number of carbonyl (C=O) groups is 1. The number of nitrogens with one attached hydrogen (secondary N) is 2. The van der Waals surface area contributed by atoms with Gasteiger partial charge in [-0.05, 0) is 44.0 Å². The van der Waals surface area contributed by atoms with E-state index in [1.54, 1.807) is 14.0 Å². The van der Waals surface area contributed by atoms with E-state index in [0.717, 1.165) is 25.1 Å². The summed E-state index contributed by atoms with van der Waals surface area (Å²) in [5.74, 6) is 0.598. The van der Waals surface area contributed by atoms with E-state index in [9.17, 15) is 4.79 Å². The average molecular weight is 278 g/mol. The Morgan fingerprint density at radius 3 is 2.40 bits per heavy atom. The molecule has 112 valence electrons. The molecule has 2 atom stereocenters. The molecule has 0 spiro atoms. The Hall–Kier alpha value is -1.55. The van der Waals surface area contributed by atoms with Crippen LogP contribution in [0, 0.1) is 0 Å². The van der Waals surface area contributed by atoms with Gasteiger partial charge in [0.2, 0.25) is 0 Å². The van der Waals surface area contributed by atoms with Crippen LogP contribution in [0.5, 0.6) is 5.75 Å². The normalized spacial score (nSPS) is 13.6. The zero-order valence-electron chi connectivity index (χ0n) is 12.9. The minimum Gasteiger partial charge on any atom is -0.481 e. The molecular formula is C16H26N2O2. The van der Waals surface area contributed by atoms with Crippen molar-refractivity contribution in [1.29, 1.82) is 0 Å². The molecule has 0 bridgehead atoms. The van der Waals surface area contributed by atoms with Gasteiger partial charge in [0.1, 0.15) is 5.75 Å². The molecule has 0 aromatic heterocycles. The van der Waals surface area contributed by atoms with Crippen molar-refractivity contribution in [3.8, 4) is 5.75 Å². The maximum Gasteiger partial charge on any atom is 0.260 e. The van der Waals surface area contributed by atoms with E-state index < -0.39 is 6.10 Å². The molecule has 4 heteroatoms. The summed E-state index contributed by atoms with van der Waals surface area (Å²) >= 11 is 0. The second-order valence-electron chi connectivity index (χ2n) is 4.86. The van der Waals surface area contributed by atoms with Crippen molar-refractivity contribution in [2.24, 2.45) is 0 Å². The summed E-state index contributed by atoms with van der Waals surface area (Å²) in [7, 11) is 1.61. The first-order valence-electron chi connectivity index (χ1n) is 7.33. The SMILES string of the molecule is CCCNC(CC)c1ccc(OC(C)C(=O)NC)cc1. The predicted octanol–water partition coefficient (Wildman–Crippen LogP) is 2.65. The zero-order chi connectivity index (χ0) is 15.0. The monoisotopic (exact) mass is 278 g/mol. The Kier molecular flexibility index (Phi) is 7.09. The van der Waals surface area contributed by atoms with E-state index in [0.29, 0.717) is 6.04 Å². The topological polar surface area (TPSA) is 50.4 Å². The van der Waals surface area contributed by atoms with Crippen molar-refractivity contribution in [3.05, 3.63) is 29.8 Å². The predicted molar refractivity (Wildman–Crippen MR) is 81.9 cm³/mol. The fourth-order valence-electron chi connectivity index (χ4n) is 2.06. The maximum atomic E-state index is 11.4. The molecular weight excluding hydrogens is 252 g/mol. The van der Waals surface area contributed by atoms with Crippen LogP contribution in [0.25, 0.3) is 0 Å². The van der Waals surface area contributed by atoms with Gasteiger partial charge in [0.05, 0.1) is 0 Å². The molecule has 1 aromatic carbocycles. The van der Waals surface area contributed by atoms with Crippen LogP contribution in [0.4, 0.5) is 0 Å². The third-order valence-electron chi connectivity index (χ3n) is 3.26. The molecule has 0 aliphatic carbocycles. The maximum absolute atomic E-state index is 11.4. The molecule has 2 N–H and O–H groups in total. The van der Waals surface area contributed by atoms with Gasteiger partial charge in [-0.25, -0.2) is 0 Å². The van der Waals surface area contributed by atoms with Crippen LogP contribution in [0.1, 0.15) is 45.2 Å². The van der Waals surface area contributed by atoms with Crippen molar-refractivity contribution in [1.82, 2.24) is 10.6 Å². The van der Waals surface area contributed by atoms with Crippen LogP contribution in [-0.4, -0.2) is 25.6 Å². The van der Waals surface area contributed by atoms with E-state index in [4.69, 9.17) is 4.74 Å². The van der Waals surface area contributed by atoms with Gasteiger partial charge in [-0.3, -0.25) is 4.79 Å². The van der Waals surface area contributed by atoms with Gasteiger partial charge in [-0.2, -0.15) is 0 Å². The number of hydrogen-bond donors (Lipinski definition) is 2. The smallest absolute Gasteiger partial charge is 0.260 e. The minimum atomic E-state index is -0.481. The molecule has 1 amide bonds. The molecule has 20 heavy (non-hydrogen) atoms. The summed E-state index contributed by atoms with van der Waals surface area (Å²) in [4.78, 5) is 11.4. The number of carbonyl (C=O) groups excluding carboxylic acids is 1. The van der Waals surface area contributed by atoms with E-state index >= 15 is 0 Å². The third-order valence-corrected chi connectivity index (χ3v) is 3.26. The van der Waals surface area contributed by atoms with Crippen molar-refractivity contribution in [3.63, 3.8) is 0 Å². The highest BCUT2D eigenvalue weighted by atomic mass is 16.5. The second-order valence-corrected chi connectivity index (χ2v) is 4.86. The molecule has 0 aliphatic heterocycles. The van der Waals surface area contributed by atoms with Crippen LogP contribution in [0.2, 0.25) is 0 Å². The lowest BCUT2D eigenvalue weighted by molar-refractivity contribution is -0.126. The lowest BCUT2D eigenvalue weighted by Crippen LogP contribution is -2.33. The van der Waals surface area contributed by atoms with Gasteiger partial charge in [-0.15, -0.1) is 0 Å². The Bertz CT molecular complexity index is 403. The molecule has 0 saturated heterocycles. The quantitative estimate of drug-likeness (QED) is 0.768. The van der Waals surface area contributed by atoms with Crippen molar-refractivity contribution in [2.45, 2.75) is 45.8 Å².